The first-order valence-corrected chi connectivity index (χ1v) is 7.36. The Morgan fingerprint density at radius 2 is 2.05 bits per heavy atom. The van der Waals surface area contributed by atoms with Gasteiger partial charge in [0.25, 0.3) is 0 Å². The number of hydrogen-bond acceptors (Lipinski definition) is 2. The van der Waals surface area contributed by atoms with Gasteiger partial charge in [0.1, 0.15) is 0 Å². The lowest BCUT2D eigenvalue weighted by atomic mass is 9.98. The summed E-state index contributed by atoms with van der Waals surface area (Å²) >= 11 is 3.28. The zero-order valence-corrected chi connectivity index (χ0v) is 13.4. The van der Waals surface area contributed by atoms with E-state index in [1.165, 1.54) is 0 Å². The van der Waals surface area contributed by atoms with Crippen molar-refractivity contribution >= 4 is 21.9 Å². The molecule has 0 aliphatic heterocycles. The van der Waals surface area contributed by atoms with Crippen LogP contribution in [-0.4, -0.2) is 20.9 Å². The summed E-state index contributed by atoms with van der Waals surface area (Å²) in [7, 11) is 1.93. The molecule has 2 rings (SSSR count). The van der Waals surface area contributed by atoms with Gasteiger partial charge in [-0.2, -0.15) is 5.10 Å². The Bertz CT molecular complexity index is 662. The fourth-order valence-electron chi connectivity index (χ4n) is 2.45. The van der Waals surface area contributed by atoms with E-state index >= 15 is 0 Å². The molecule has 20 heavy (non-hydrogen) atoms. The van der Waals surface area contributed by atoms with Crippen LogP contribution in [0.1, 0.15) is 35.6 Å². The second-order valence-electron chi connectivity index (χ2n) is 4.60. The lowest BCUT2D eigenvalue weighted by Crippen LogP contribution is -1.99. The van der Waals surface area contributed by atoms with Crippen molar-refractivity contribution in [3.05, 3.63) is 39.6 Å². The maximum absolute atomic E-state index is 11.3. The van der Waals surface area contributed by atoms with Gasteiger partial charge in [-0.15, -0.1) is 0 Å². The summed E-state index contributed by atoms with van der Waals surface area (Å²) in [5.74, 6) is -0.932. The number of carboxylic acids is 1. The second kappa shape index (κ2) is 5.79. The molecule has 106 valence electrons. The number of halogens is 1. The van der Waals surface area contributed by atoms with Gasteiger partial charge in [-0.3, -0.25) is 4.68 Å². The third kappa shape index (κ3) is 2.50. The van der Waals surface area contributed by atoms with Gasteiger partial charge in [0.05, 0.1) is 11.3 Å². The SMILES string of the molecule is CCc1nn(C)c(CC)c1-c1ccc(Br)c(C(=O)O)c1. The van der Waals surface area contributed by atoms with Crippen LogP contribution in [-0.2, 0) is 19.9 Å². The van der Waals surface area contributed by atoms with Crippen molar-refractivity contribution in [2.45, 2.75) is 26.7 Å². The van der Waals surface area contributed by atoms with E-state index in [1.54, 1.807) is 12.1 Å². The number of aryl methyl sites for hydroxylation is 2. The molecular weight excluding hydrogens is 320 g/mol. The van der Waals surface area contributed by atoms with Crippen LogP contribution in [0.25, 0.3) is 11.1 Å². The van der Waals surface area contributed by atoms with E-state index in [0.717, 1.165) is 35.4 Å². The van der Waals surface area contributed by atoms with E-state index in [1.807, 2.05) is 17.8 Å². The molecule has 0 saturated heterocycles. The molecule has 0 fully saturated rings. The van der Waals surface area contributed by atoms with Crippen molar-refractivity contribution in [1.29, 1.82) is 0 Å². The van der Waals surface area contributed by atoms with Gasteiger partial charge in [-0.25, -0.2) is 4.79 Å². The molecule has 5 heteroatoms. The van der Waals surface area contributed by atoms with Crippen LogP contribution in [0.2, 0.25) is 0 Å². The third-order valence-corrected chi connectivity index (χ3v) is 4.09. The van der Waals surface area contributed by atoms with Crippen molar-refractivity contribution in [2.24, 2.45) is 7.05 Å². The van der Waals surface area contributed by atoms with Crippen molar-refractivity contribution in [1.82, 2.24) is 9.78 Å². The zero-order valence-electron chi connectivity index (χ0n) is 11.8. The van der Waals surface area contributed by atoms with Gasteiger partial charge < -0.3 is 5.11 Å². The van der Waals surface area contributed by atoms with Gasteiger partial charge in [-0.05, 0) is 46.5 Å². The molecule has 4 nitrogen and oxygen atoms in total. The molecule has 2 aromatic rings. The number of benzene rings is 1. The highest BCUT2D eigenvalue weighted by molar-refractivity contribution is 9.10. The highest BCUT2D eigenvalue weighted by Gasteiger charge is 2.17. The van der Waals surface area contributed by atoms with Crippen molar-refractivity contribution < 1.29 is 9.90 Å². The number of carbonyl (C=O) groups is 1. The predicted octanol–water partition coefficient (Wildman–Crippen LogP) is 3.67. The molecular formula is C15H17BrN2O2. The standard InChI is InChI=1S/C15H17BrN2O2/c1-4-12-14(13(5-2)18(3)17-12)9-6-7-11(16)10(8-9)15(19)20/h6-8H,4-5H2,1-3H3,(H,19,20). The number of aromatic carboxylic acids is 1. The lowest BCUT2D eigenvalue weighted by Gasteiger charge is -2.08. The molecule has 0 saturated carbocycles. The van der Waals surface area contributed by atoms with Crippen LogP contribution in [0.4, 0.5) is 0 Å². The van der Waals surface area contributed by atoms with Gasteiger partial charge in [-0.1, -0.05) is 19.9 Å². The molecule has 0 aliphatic rings. The molecule has 1 N–H and O–H groups in total. The highest BCUT2D eigenvalue weighted by atomic mass is 79.9. The van der Waals surface area contributed by atoms with Crippen LogP contribution >= 0.6 is 15.9 Å². The molecule has 0 aliphatic carbocycles. The van der Waals surface area contributed by atoms with Crippen molar-refractivity contribution in [2.75, 3.05) is 0 Å². The Labute approximate surface area is 126 Å². The van der Waals surface area contributed by atoms with Crippen molar-refractivity contribution in [3.63, 3.8) is 0 Å². The quantitative estimate of drug-likeness (QED) is 0.926. The largest absolute Gasteiger partial charge is 0.478 e. The van der Waals surface area contributed by atoms with E-state index in [2.05, 4.69) is 34.9 Å². The molecule has 0 amide bonds. The van der Waals surface area contributed by atoms with Crippen LogP contribution in [0.15, 0.2) is 22.7 Å². The molecule has 1 aromatic carbocycles. The molecule has 0 atom stereocenters. The number of rotatable bonds is 4. The molecule has 0 spiro atoms. The fourth-order valence-corrected chi connectivity index (χ4v) is 2.87. The summed E-state index contributed by atoms with van der Waals surface area (Å²) in [5.41, 5.74) is 4.37. The van der Waals surface area contributed by atoms with E-state index in [9.17, 15) is 9.90 Å². The smallest absolute Gasteiger partial charge is 0.336 e. The van der Waals surface area contributed by atoms with Gasteiger partial charge >= 0.3 is 5.97 Å². The molecule has 0 unspecified atom stereocenters. The van der Waals surface area contributed by atoms with Gasteiger partial charge in [0, 0.05) is 22.8 Å². The zero-order chi connectivity index (χ0) is 14.9. The fraction of sp³-hybridized carbons (Fsp3) is 0.333. The van der Waals surface area contributed by atoms with E-state index in [4.69, 9.17) is 0 Å². The Morgan fingerprint density at radius 1 is 1.35 bits per heavy atom. The lowest BCUT2D eigenvalue weighted by molar-refractivity contribution is 0.0696. The van der Waals surface area contributed by atoms with Gasteiger partial charge in [0.15, 0.2) is 0 Å². The minimum atomic E-state index is -0.932. The predicted molar refractivity (Wildman–Crippen MR) is 82.1 cm³/mol. The van der Waals surface area contributed by atoms with Gasteiger partial charge in [0.2, 0.25) is 0 Å². The first-order valence-electron chi connectivity index (χ1n) is 6.57. The second-order valence-corrected chi connectivity index (χ2v) is 5.45. The summed E-state index contributed by atoms with van der Waals surface area (Å²) in [6, 6.07) is 5.43. The Balaban J connectivity index is 2.68. The minimum Gasteiger partial charge on any atom is -0.478 e. The molecule has 0 bridgehead atoms. The van der Waals surface area contributed by atoms with Crippen molar-refractivity contribution in [3.8, 4) is 11.1 Å². The number of aromatic nitrogens is 2. The highest BCUT2D eigenvalue weighted by Crippen LogP contribution is 2.31. The van der Waals surface area contributed by atoms with Crippen LogP contribution in [0.5, 0.6) is 0 Å². The van der Waals surface area contributed by atoms with E-state index in [0.29, 0.717) is 4.47 Å². The van der Waals surface area contributed by atoms with Crippen LogP contribution in [0, 0.1) is 0 Å². The summed E-state index contributed by atoms with van der Waals surface area (Å²) in [4.78, 5) is 11.3. The summed E-state index contributed by atoms with van der Waals surface area (Å²) in [6.07, 6.45) is 1.68. The molecule has 0 radical (unpaired) electrons. The third-order valence-electron chi connectivity index (χ3n) is 3.39. The van der Waals surface area contributed by atoms with E-state index < -0.39 is 5.97 Å². The van der Waals surface area contributed by atoms with E-state index in [-0.39, 0.29) is 5.56 Å². The number of carboxylic acid groups (broad SMARTS) is 1. The Morgan fingerprint density at radius 3 is 2.60 bits per heavy atom. The first kappa shape index (κ1) is 14.8. The molecule has 1 aromatic heterocycles. The van der Waals surface area contributed by atoms with Crippen LogP contribution in [0.3, 0.4) is 0 Å². The van der Waals surface area contributed by atoms with Crippen LogP contribution < -0.4 is 0 Å². The molecule has 1 heterocycles. The first-order chi connectivity index (χ1) is 9.49. The maximum atomic E-state index is 11.3. The normalized spacial score (nSPS) is 10.8. The summed E-state index contributed by atoms with van der Waals surface area (Å²) in [5, 5.41) is 13.8. The maximum Gasteiger partial charge on any atom is 0.336 e. The average molecular weight is 337 g/mol. The Kier molecular flexibility index (Phi) is 4.28. The topological polar surface area (TPSA) is 55.1 Å². The number of nitrogens with zero attached hydrogens (tertiary/aromatic N) is 2. The Hall–Kier alpha value is -1.62. The minimum absolute atomic E-state index is 0.274. The summed E-state index contributed by atoms with van der Waals surface area (Å²) in [6.45, 7) is 4.14. The summed E-state index contributed by atoms with van der Waals surface area (Å²) < 4.78 is 2.48. The average Bonchev–Trinajstić information content (AvgIpc) is 2.75. The monoisotopic (exact) mass is 336 g/mol. The number of hydrogen-bond donors (Lipinski definition) is 1.